The molecule has 1 rings (SSSR count). The highest BCUT2D eigenvalue weighted by Gasteiger charge is 2.37. The molecule has 0 unspecified atom stereocenters. The van der Waals surface area contributed by atoms with Gasteiger partial charge in [0, 0.05) is 12.1 Å². The Balaban J connectivity index is 3.18. The maximum Gasteiger partial charge on any atom is 0.416 e. The van der Waals surface area contributed by atoms with Crippen molar-refractivity contribution in [2.45, 2.75) is 26.2 Å². The molecule has 0 aliphatic heterocycles. The number of hydrogen-bond donors (Lipinski definition) is 2. The monoisotopic (exact) mass is 357 g/mol. The highest BCUT2D eigenvalue weighted by atomic mass is 19.4. The molecule has 0 bridgehead atoms. The Labute approximate surface area is 132 Å². The standard InChI is InChI=1S/C14H13F6NO3/c1-12(2,11(23)24)6-21-10(22)7-3-8(13(15,16)17)5-9(4-7)14(18,19)20/h3-5H,6H2,1-2H3,(H,21,22)(H,23,24). The first kappa shape index (κ1) is 19.8. The molecule has 0 spiro atoms. The second-order valence-electron chi connectivity index (χ2n) is 5.67. The van der Waals surface area contributed by atoms with Gasteiger partial charge in [-0.3, -0.25) is 9.59 Å². The van der Waals surface area contributed by atoms with Gasteiger partial charge < -0.3 is 10.4 Å². The first-order chi connectivity index (χ1) is 10.6. The second-order valence-corrected chi connectivity index (χ2v) is 5.67. The van der Waals surface area contributed by atoms with Crippen molar-refractivity contribution in [3.05, 3.63) is 34.9 Å². The van der Waals surface area contributed by atoms with Crippen molar-refractivity contribution in [2.75, 3.05) is 6.54 Å². The Morgan fingerprint density at radius 3 is 1.71 bits per heavy atom. The van der Waals surface area contributed by atoms with E-state index in [-0.39, 0.29) is 18.2 Å². The first-order valence-corrected chi connectivity index (χ1v) is 6.45. The Bertz CT molecular complexity index is 617. The van der Waals surface area contributed by atoms with Crippen LogP contribution >= 0.6 is 0 Å². The second kappa shape index (κ2) is 6.33. The minimum absolute atomic E-state index is 0.0992. The molecule has 0 aliphatic rings. The lowest BCUT2D eigenvalue weighted by Gasteiger charge is -2.20. The highest BCUT2D eigenvalue weighted by molar-refractivity contribution is 5.95. The Morgan fingerprint density at radius 2 is 1.38 bits per heavy atom. The zero-order valence-electron chi connectivity index (χ0n) is 12.5. The van der Waals surface area contributed by atoms with Crippen molar-refractivity contribution in [1.82, 2.24) is 5.32 Å². The van der Waals surface area contributed by atoms with Gasteiger partial charge in [0.15, 0.2) is 0 Å². The van der Waals surface area contributed by atoms with Crippen LogP contribution in [0.1, 0.15) is 35.3 Å². The summed E-state index contributed by atoms with van der Waals surface area (Å²) in [6.07, 6.45) is -10.1. The van der Waals surface area contributed by atoms with Gasteiger partial charge in [-0.2, -0.15) is 26.3 Å². The van der Waals surface area contributed by atoms with E-state index in [1.54, 1.807) is 0 Å². The molecule has 0 aliphatic carbocycles. The number of hydrogen-bond acceptors (Lipinski definition) is 2. The lowest BCUT2D eigenvalue weighted by Crippen LogP contribution is -2.39. The molecular formula is C14H13F6NO3. The third kappa shape index (κ3) is 4.87. The van der Waals surface area contributed by atoms with E-state index >= 15 is 0 Å². The highest BCUT2D eigenvalue weighted by Crippen LogP contribution is 2.36. The van der Waals surface area contributed by atoms with Crippen molar-refractivity contribution < 1.29 is 41.0 Å². The van der Waals surface area contributed by atoms with Crippen molar-refractivity contribution in [2.24, 2.45) is 5.41 Å². The fourth-order valence-corrected chi connectivity index (χ4v) is 1.56. The van der Waals surface area contributed by atoms with Gasteiger partial charge in [-0.25, -0.2) is 0 Å². The summed E-state index contributed by atoms with van der Waals surface area (Å²) >= 11 is 0. The summed E-state index contributed by atoms with van der Waals surface area (Å²) < 4.78 is 76.2. The number of carboxylic acids is 1. The molecule has 0 radical (unpaired) electrons. The minimum atomic E-state index is -5.07. The average molecular weight is 357 g/mol. The number of aliphatic carboxylic acids is 1. The largest absolute Gasteiger partial charge is 0.481 e. The molecule has 10 heteroatoms. The Kier molecular flexibility index (Phi) is 5.22. The summed E-state index contributed by atoms with van der Waals surface area (Å²) in [4.78, 5) is 22.7. The zero-order chi connectivity index (χ0) is 18.9. The Hall–Kier alpha value is -2.26. The van der Waals surface area contributed by atoms with E-state index in [0.29, 0.717) is 0 Å². The van der Waals surface area contributed by atoms with E-state index < -0.39 is 52.9 Å². The van der Waals surface area contributed by atoms with Gasteiger partial charge in [-0.1, -0.05) is 0 Å². The van der Waals surface area contributed by atoms with Crippen molar-refractivity contribution in [3.63, 3.8) is 0 Å². The summed E-state index contributed by atoms with van der Waals surface area (Å²) in [6, 6.07) is 0.453. The minimum Gasteiger partial charge on any atom is -0.481 e. The molecule has 134 valence electrons. The molecule has 0 saturated carbocycles. The summed E-state index contributed by atoms with van der Waals surface area (Å²) in [5.74, 6) is -2.52. The number of rotatable bonds is 4. The third-order valence-corrected chi connectivity index (χ3v) is 3.12. The van der Waals surface area contributed by atoms with Crippen LogP contribution in [0.2, 0.25) is 0 Å². The van der Waals surface area contributed by atoms with Gasteiger partial charge in [0.05, 0.1) is 16.5 Å². The van der Waals surface area contributed by atoms with Crippen molar-refractivity contribution in [1.29, 1.82) is 0 Å². The van der Waals surface area contributed by atoms with E-state index in [0.717, 1.165) is 0 Å². The quantitative estimate of drug-likeness (QED) is 0.810. The molecule has 4 nitrogen and oxygen atoms in total. The van der Waals surface area contributed by atoms with E-state index in [2.05, 4.69) is 0 Å². The molecule has 24 heavy (non-hydrogen) atoms. The molecule has 0 aromatic heterocycles. The number of carbonyl (C=O) groups excluding carboxylic acids is 1. The third-order valence-electron chi connectivity index (χ3n) is 3.12. The number of amides is 1. The van der Waals surface area contributed by atoms with Gasteiger partial charge in [-0.05, 0) is 32.0 Å². The van der Waals surface area contributed by atoms with Gasteiger partial charge >= 0.3 is 18.3 Å². The smallest absolute Gasteiger partial charge is 0.416 e. The van der Waals surface area contributed by atoms with Crippen LogP contribution in [0.4, 0.5) is 26.3 Å². The van der Waals surface area contributed by atoms with E-state index in [1.165, 1.54) is 13.8 Å². The van der Waals surface area contributed by atoms with E-state index in [9.17, 15) is 35.9 Å². The van der Waals surface area contributed by atoms with Crippen LogP contribution in [-0.4, -0.2) is 23.5 Å². The van der Waals surface area contributed by atoms with E-state index in [1.807, 2.05) is 5.32 Å². The SMILES string of the molecule is CC(C)(CNC(=O)c1cc(C(F)(F)F)cc(C(F)(F)F)c1)C(=O)O. The zero-order valence-corrected chi connectivity index (χ0v) is 12.5. The molecule has 1 aromatic carbocycles. The summed E-state index contributed by atoms with van der Waals surface area (Å²) in [5.41, 5.74) is -5.55. The fourth-order valence-electron chi connectivity index (χ4n) is 1.56. The molecule has 1 aromatic rings. The predicted octanol–water partition coefficient (Wildman–Crippen LogP) is 3.56. The van der Waals surface area contributed by atoms with Crippen molar-refractivity contribution >= 4 is 11.9 Å². The average Bonchev–Trinajstić information content (AvgIpc) is 2.42. The van der Waals surface area contributed by atoms with Gasteiger partial charge in [0.25, 0.3) is 5.91 Å². The van der Waals surface area contributed by atoms with Gasteiger partial charge in [-0.15, -0.1) is 0 Å². The van der Waals surface area contributed by atoms with Crippen LogP contribution in [0, 0.1) is 5.41 Å². The Morgan fingerprint density at radius 1 is 0.958 bits per heavy atom. The molecule has 1 amide bonds. The fraction of sp³-hybridized carbons (Fsp3) is 0.429. The maximum atomic E-state index is 12.7. The molecule has 0 saturated heterocycles. The molecule has 2 N–H and O–H groups in total. The number of nitrogens with one attached hydrogen (secondary N) is 1. The number of carbonyl (C=O) groups is 2. The lowest BCUT2D eigenvalue weighted by atomic mass is 9.93. The topological polar surface area (TPSA) is 66.4 Å². The first-order valence-electron chi connectivity index (χ1n) is 6.45. The maximum absolute atomic E-state index is 12.7. The summed E-state index contributed by atoms with van der Waals surface area (Å²) in [6.45, 7) is 2.00. The summed E-state index contributed by atoms with van der Waals surface area (Å²) in [5, 5.41) is 10.9. The van der Waals surface area contributed by atoms with Gasteiger partial charge in [0.2, 0.25) is 0 Å². The summed E-state index contributed by atoms with van der Waals surface area (Å²) in [7, 11) is 0. The molecular weight excluding hydrogens is 344 g/mol. The van der Waals surface area contributed by atoms with E-state index in [4.69, 9.17) is 5.11 Å². The predicted molar refractivity (Wildman–Crippen MR) is 70.2 cm³/mol. The van der Waals surface area contributed by atoms with Crippen LogP contribution in [0.5, 0.6) is 0 Å². The number of carboxylic acid groups (broad SMARTS) is 1. The lowest BCUT2D eigenvalue weighted by molar-refractivity contribution is -0.146. The van der Waals surface area contributed by atoms with Crippen LogP contribution in [0.25, 0.3) is 0 Å². The number of benzene rings is 1. The van der Waals surface area contributed by atoms with Crippen LogP contribution in [0.15, 0.2) is 18.2 Å². The van der Waals surface area contributed by atoms with Crippen LogP contribution < -0.4 is 5.32 Å². The number of halogens is 6. The van der Waals surface area contributed by atoms with Crippen LogP contribution in [-0.2, 0) is 17.1 Å². The van der Waals surface area contributed by atoms with Crippen molar-refractivity contribution in [3.8, 4) is 0 Å². The molecule has 0 atom stereocenters. The number of alkyl halides is 6. The normalized spacial score (nSPS) is 12.8. The molecule has 0 fully saturated rings. The molecule has 0 heterocycles. The van der Waals surface area contributed by atoms with Crippen LogP contribution in [0.3, 0.4) is 0 Å². The van der Waals surface area contributed by atoms with Gasteiger partial charge in [0.1, 0.15) is 0 Å².